The van der Waals surface area contributed by atoms with Gasteiger partial charge >= 0.3 is 0 Å². The molecule has 1 aliphatic rings. The summed E-state index contributed by atoms with van der Waals surface area (Å²) in [5.41, 5.74) is 7.69. The van der Waals surface area contributed by atoms with Gasteiger partial charge in [-0.2, -0.15) is 0 Å². The number of nitrogens with two attached hydrogens (primary N) is 1. The Morgan fingerprint density at radius 1 is 1.20 bits per heavy atom. The Kier molecular flexibility index (Phi) is 3.08. The van der Waals surface area contributed by atoms with Gasteiger partial charge in [-0.25, -0.2) is 0 Å². The predicted molar refractivity (Wildman–Crippen MR) is 62.8 cm³/mol. The van der Waals surface area contributed by atoms with E-state index in [1.807, 2.05) is 24.3 Å². The van der Waals surface area contributed by atoms with Crippen LogP contribution in [-0.2, 0) is 0 Å². The summed E-state index contributed by atoms with van der Waals surface area (Å²) in [6, 6.07) is 7.57. The van der Waals surface area contributed by atoms with E-state index in [0.717, 1.165) is 18.6 Å². The molecule has 0 saturated heterocycles. The molecule has 1 aliphatic carbocycles. The van der Waals surface area contributed by atoms with E-state index in [-0.39, 0.29) is 0 Å². The van der Waals surface area contributed by atoms with Crippen LogP contribution in [0.15, 0.2) is 48.1 Å². The minimum absolute atomic E-state index is 0.602. The minimum Gasteiger partial charge on any atom is -0.487 e. The summed E-state index contributed by atoms with van der Waals surface area (Å²) in [6.45, 7) is 0.602. The van der Waals surface area contributed by atoms with E-state index < -0.39 is 0 Å². The summed E-state index contributed by atoms with van der Waals surface area (Å²) in [6.07, 6.45) is 8.74. The summed E-state index contributed by atoms with van der Waals surface area (Å²) in [5, 5.41) is 0. The third-order valence-electron chi connectivity index (χ3n) is 2.39. The number of benzene rings is 1. The summed E-state index contributed by atoms with van der Waals surface area (Å²) in [4.78, 5) is 0. The van der Waals surface area contributed by atoms with Crippen LogP contribution < -0.4 is 10.5 Å². The zero-order valence-corrected chi connectivity index (χ0v) is 8.65. The van der Waals surface area contributed by atoms with Gasteiger partial charge in [0, 0.05) is 0 Å². The molecule has 0 spiro atoms. The average Bonchev–Trinajstić information content (AvgIpc) is 2.29. The lowest BCUT2D eigenvalue weighted by Crippen LogP contribution is -2.03. The molecule has 2 heteroatoms. The van der Waals surface area contributed by atoms with Crippen LogP contribution in [0.3, 0.4) is 0 Å². The van der Waals surface area contributed by atoms with Crippen LogP contribution in [0.5, 0.6) is 5.75 Å². The Hall–Kier alpha value is -1.70. The van der Waals surface area contributed by atoms with Gasteiger partial charge in [0.1, 0.15) is 12.4 Å². The van der Waals surface area contributed by atoms with Gasteiger partial charge in [-0.05, 0) is 30.5 Å². The normalized spacial score (nSPS) is 14.8. The van der Waals surface area contributed by atoms with Crippen LogP contribution in [-0.4, -0.2) is 6.61 Å². The van der Waals surface area contributed by atoms with Crippen molar-refractivity contribution in [3.63, 3.8) is 0 Å². The van der Waals surface area contributed by atoms with Crippen LogP contribution in [0.4, 0.5) is 5.69 Å². The molecule has 1 aromatic rings. The van der Waals surface area contributed by atoms with Crippen molar-refractivity contribution in [1.82, 2.24) is 0 Å². The van der Waals surface area contributed by atoms with Crippen molar-refractivity contribution in [3.8, 4) is 5.75 Å². The maximum absolute atomic E-state index is 5.77. The molecule has 0 radical (unpaired) electrons. The van der Waals surface area contributed by atoms with E-state index in [0.29, 0.717) is 12.3 Å². The fourth-order valence-corrected chi connectivity index (χ4v) is 1.55. The average molecular weight is 201 g/mol. The van der Waals surface area contributed by atoms with Crippen molar-refractivity contribution in [2.24, 2.45) is 0 Å². The van der Waals surface area contributed by atoms with Gasteiger partial charge in [-0.3, -0.25) is 0 Å². The third-order valence-corrected chi connectivity index (χ3v) is 2.39. The first-order valence-corrected chi connectivity index (χ1v) is 5.19. The largest absolute Gasteiger partial charge is 0.487 e. The van der Waals surface area contributed by atoms with Gasteiger partial charge < -0.3 is 10.5 Å². The fourth-order valence-electron chi connectivity index (χ4n) is 1.55. The fraction of sp³-hybridized carbons (Fsp3) is 0.231. The lowest BCUT2D eigenvalue weighted by molar-refractivity contribution is 0.356. The van der Waals surface area contributed by atoms with Gasteiger partial charge in [-0.15, -0.1) is 0 Å². The number of hydrogen-bond acceptors (Lipinski definition) is 2. The summed E-state index contributed by atoms with van der Waals surface area (Å²) in [7, 11) is 0. The predicted octanol–water partition coefficient (Wildman–Crippen LogP) is 2.92. The lowest BCUT2D eigenvalue weighted by Gasteiger charge is -2.10. The Labute approximate surface area is 90.1 Å². The van der Waals surface area contributed by atoms with Gasteiger partial charge in [0.15, 0.2) is 0 Å². The van der Waals surface area contributed by atoms with Crippen molar-refractivity contribution >= 4 is 5.69 Å². The number of rotatable bonds is 3. The molecular weight excluding hydrogens is 186 g/mol. The van der Waals surface area contributed by atoms with Gasteiger partial charge in [-0.1, -0.05) is 30.4 Å². The molecule has 0 aromatic heterocycles. The van der Waals surface area contributed by atoms with Crippen LogP contribution >= 0.6 is 0 Å². The molecule has 0 saturated carbocycles. The van der Waals surface area contributed by atoms with E-state index in [1.165, 1.54) is 5.57 Å². The first kappa shape index (κ1) is 9.84. The highest BCUT2D eigenvalue weighted by Gasteiger charge is 2.01. The van der Waals surface area contributed by atoms with Gasteiger partial charge in [0.05, 0.1) is 5.69 Å². The van der Waals surface area contributed by atoms with Crippen LogP contribution in [0.1, 0.15) is 12.8 Å². The molecule has 15 heavy (non-hydrogen) atoms. The number of anilines is 1. The number of nitrogen functional groups attached to an aromatic ring is 1. The number of allylic oxidation sites excluding steroid dienone is 2. The smallest absolute Gasteiger partial charge is 0.142 e. The Bertz CT molecular complexity index is 393. The zero-order chi connectivity index (χ0) is 10.5. The number of hydrogen-bond donors (Lipinski definition) is 1. The second-order valence-electron chi connectivity index (χ2n) is 3.59. The lowest BCUT2D eigenvalue weighted by atomic mass is 10.1. The molecule has 0 heterocycles. The molecule has 0 unspecified atom stereocenters. The molecule has 0 atom stereocenters. The maximum Gasteiger partial charge on any atom is 0.142 e. The highest BCUT2D eigenvalue weighted by Crippen LogP contribution is 2.21. The third kappa shape index (κ3) is 2.62. The number of para-hydroxylation sites is 2. The standard InChI is InChI=1S/C13H15NO/c14-12-8-4-5-9-13(12)15-10-11-6-2-1-3-7-11/h2,4-9H,1,3,10,14H2. The Morgan fingerprint density at radius 3 is 2.80 bits per heavy atom. The van der Waals surface area contributed by atoms with Gasteiger partial charge in [0.2, 0.25) is 0 Å². The zero-order valence-electron chi connectivity index (χ0n) is 8.65. The SMILES string of the molecule is Nc1ccccc1OCC1=CCCC=C1. The topological polar surface area (TPSA) is 35.2 Å². The van der Waals surface area contributed by atoms with Gasteiger partial charge in [0.25, 0.3) is 0 Å². The molecule has 0 amide bonds. The first-order chi connectivity index (χ1) is 7.36. The van der Waals surface area contributed by atoms with Crippen LogP contribution in [0.25, 0.3) is 0 Å². The van der Waals surface area contributed by atoms with E-state index in [1.54, 1.807) is 0 Å². The molecule has 0 fully saturated rings. The first-order valence-electron chi connectivity index (χ1n) is 5.19. The van der Waals surface area contributed by atoms with Crippen molar-refractivity contribution in [2.75, 3.05) is 12.3 Å². The van der Waals surface area contributed by atoms with E-state index >= 15 is 0 Å². The molecule has 1 aromatic carbocycles. The second kappa shape index (κ2) is 4.69. The molecule has 2 rings (SSSR count). The summed E-state index contributed by atoms with van der Waals surface area (Å²) < 4.78 is 5.63. The summed E-state index contributed by atoms with van der Waals surface area (Å²) in [5.74, 6) is 0.761. The quantitative estimate of drug-likeness (QED) is 0.763. The summed E-state index contributed by atoms with van der Waals surface area (Å²) >= 11 is 0. The van der Waals surface area contributed by atoms with Crippen LogP contribution in [0.2, 0.25) is 0 Å². The van der Waals surface area contributed by atoms with Crippen LogP contribution in [0, 0.1) is 0 Å². The van der Waals surface area contributed by atoms with Crippen molar-refractivity contribution in [3.05, 3.63) is 48.1 Å². The second-order valence-corrected chi connectivity index (χ2v) is 3.59. The number of ether oxygens (including phenoxy) is 1. The molecule has 2 N–H and O–H groups in total. The van der Waals surface area contributed by atoms with E-state index in [9.17, 15) is 0 Å². The van der Waals surface area contributed by atoms with Crippen molar-refractivity contribution < 1.29 is 4.74 Å². The molecule has 2 nitrogen and oxygen atoms in total. The molecule has 0 aliphatic heterocycles. The highest BCUT2D eigenvalue weighted by molar-refractivity contribution is 5.52. The van der Waals surface area contributed by atoms with E-state index in [2.05, 4.69) is 18.2 Å². The maximum atomic E-state index is 5.77. The minimum atomic E-state index is 0.602. The Morgan fingerprint density at radius 2 is 2.07 bits per heavy atom. The molecular formula is C13H15NO. The van der Waals surface area contributed by atoms with E-state index in [4.69, 9.17) is 10.5 Å². The molecule has 78 valence electrons. The Balaban J connectivity index is 1.96. The highest BCUT2D eigenvalue weighted by atomic mass is 16.5. The van der Waals surface area contributed by atoms with Crippen molar-refractivity contribution in [1.29, 1.82) is 0 Å². The molecule has 0 bridgehead atoms. The van der Waals surface area contributed by atoms with Crippen molar-refractivity contribution in [2.45, 2.75) is 12.8 Å². The monoisotopic (exact) mass is 201 g/mol.